The van der Waals surface area contributed by atoms with Crippen LogP contribution in [0.2, 0.25) is 0 Å². The van der Waals surface area contributed by atoms with Crippen LogP contribution in [0.3, 0.4) is 0 Å². The Morgan fingerprint density at radius 1 is 1.35 bits per heavy atom. The lowest BCUT2D eigenvalue weighted by Crippen LogP contribution is -2.28. The molecule has 0 spiro atoms. The third kappa shape index (κ3) is 5.63. The molecule has 0 aliphatic carbocycles. The highest BCUT2D eigenvalue weighted by Crippen LogP contribution is 2.30. The first-order chi connectivity index (χ1) is 9.34. The van der Waals surface area contributed by atoms with Gasteiger partial charge in [0.1, 0.15) is 0 Å². The van der Waals surface area contributed by atoms with Crippen LogP contribution >= 0.6 is 0 Å². The van der Waals surface area contributed by atoms with Crippen molar-refractivity contribution < 1.29 is 17.4 Å². The van der Waals surface area contributed by atoms with Crippen LogP contribution in [0.4, 0.5) is 13.2 Å². The average molecular weight is 307 g/mol. The summed E-state index contributed by atoms with van der Waals surface area (Å²) in [6.45, 7) is 4.93. The number of hydrogen-bond donors (Lipinski definition) is 1. The van der Waals surface area contributed by atoms with Crippen LogP contribution in [-0.2, 0) is 17.0 Å². The fraction of sp³-hybridized carbons (Fsp3) is 0.571. The number of benzene rings is 1. The highest BCUT2D eigenvalue weighted by atomic mass is 32.2. The third-order valence-corrected chi connectivity index (χ3v) is 4.29. The molecule has 0 saturated carbocycles. The molecule has 1 aromatic carbocycles. The molecule has 0 heterocycles. The van der Waals surface area contributed by atoms with Crippen LogP contribution < -0.4 is 5.32 Å². The van der Waals surface area contributed by atoms with Crippen molar-refractivity contribution in [3.05, 3.63) is 29.8 Å². The summed E-state index contributed by atoms with van der Waals surface area (Å²) in [5, 5.41) is 3.26. The molecule has 0 bridgehead atoms. The largest absolute Gasteiger partial charge is 0.416 e. The summed E-state index contributed by atoms with van der Waals surface area (Å²) < 4.78 is 49.7. The highest BCUT2D eigenvalue weighted by molar-refractivity contribution is 7.85. The van der Waals surface area contributed by atoms with E-state index >= 15 is 0 Å². The van der Waals surface area contributed by atoms with E-state index in [1.54, 1.807) is 0 Å². The van der Waals surface area contributed by atoms with Crippen molar-refractivity contribution in [3.8, 4) is 0 Å². The molecule has 2 unspecified atom stereocenters. The van der Waals surface area contributed by atoms with Crippen molar-refractivity contribution in [2.45, 2.75) is 43.8 Å². The predicted octanol–water partition coefficient (Wildman–Crippen LogP) is 3.59. The molecule has 1 rings (SSSR count). The maximum absolute atomic E-state index is 12.6. The van der Waals surface area contributed by atoms with Gasteiger partial charge in [0.2, 0.25) is 0 Å². The molecule has 0 aliphatic heterocycles. The Kier molecular flexibility index (Phi) is 6.68. The van der Waals surface area contributed by atoms with E-state index in [1.807, 2.05) is 6.92 Å². The molecule has 114 valence electrons. The standard InChI is InChI=1S/C14H20F3NOS/c1-3-8-18-11(2)7-9-20(19)13-6-4-5-12(10-13)14(15,16)17/h4-6,10-11,18H,3,7-9H2,1-2H3. The Morgan fingerprint density at radius 3 is 2.65 bits per heavy atom. The highest BCUT2D eigenvalue weighted by Gasteiger charge is 2.30. The molecular weight excluding hydrogens is 287 g/mol. The van der Waals surface area contributed by atoms with Gasteiger partial charge < -0.3 is 5.32 Å². The lowest BCUT2D eigenvalue weighted by molar-refractivity contribution is -0.137. The first-order valence-corrected chi connectivity index (χ1v) is 7.95. The first kappa shape index (κ1) is 17.2. The molecule has 0 aromatic heterocycles. The van der Waals surface area contributed by atoms with E-state index in [0.717, 1.165) is 25.1 Å². The van der Waals surface area contributed by atoms with Crippen LogP contribution in [0.15, 0.2) is 29.2 Å². The van der Waals surface area contributed by atoms with Gasteiger partial charge in [-0.05, 0) is 44.5 Å². The molecule has 1 N–H and O–H groups in total. The van der Waals surface area contributed by atoms with Gasteiger partial charge in [0.25, 0.3) is 0 Å². The Morgan fingerprint density at radius 2 is 2.05 bits per heavy atom. The van der Waals surface area contributed by atoms with Crippen LogP contribution in [-0.4, -0.2) is 22.5 Å². The van der Waals surface area contributed by atoms with E-state index < -0.39 is 22.5 Å². The number of rotatable bonds is 7. The van der Waals surface area contributed by atoms with Crippen molar-refractivity contribution in [2.24, 2.45) is 0 Å². The maximum Gasteiger partial charge on any atom is 0.416 e. The van der Waals surface area contributed by atoms with Crippen LogP contribution in [0.5, 0.6) is 0 Å². The molecule has 20 heavy (non-hydrogen) atoms. The molecule has 0 saturated heterocycles. The second-order valence-corrected chi connectivity index (χ2v) is 6.29. The van der Waals surface area contributed by atoms with Gasteiger partial charge in [0.15, 0.2) is 0 Å². The molecule has 0 amide bonds. The quantitative estimate of drug-likeness (QED) is 0.834. The number of hydrogen-bond acceptors (Lipinski definition) is 2. The van der Waals surface area contributed by atoms with Gasteiger partial charge in [-0.1, -0.05) is 13.0 Å². The summed E-state index contributed by atoms with van der Waals surface area (Å²) in [6, 6.07) is 4.96. The fourth-order valence-corrected chi connectivity index (χ4v) is 3.00. The van der Waals surface area contributed by atoms with Crippen molar-refractivity contribution >= 4 is 10.8 Å². The van der Waals surface area contributed by atoms with E-state index in [1.165, 1.54) is 12.1 Å². The van der Waals surface area contributed by atoms with Gasteiger partial charge in [0, 0.05) is 16.7 Å². The van der Waals surface area contributed by atoms with Crippen molar-refractivity contribution in [1.82, 2.24) is 5.32 Å². The molecule has 0 radical (unpaired) electrons. The Labute approximate surface area is 120 Å². The van der Waals surface area contributed by atoms with E-state index in [0.29, 0.717) is 12.2 Å². The van der Waals surface area contributed by atoms with Gasteiger partial charge in [-0.2, -0.15) is 13.2 Å². The van der Waals surface area contributed by atoms with Gasteiger partial charge in [-0.15, -0.1) is 0 Å². The summed E-state index contributed by atoms with van der Waals surface area (Å²) in [7, 11) is -1.39. The summed E-state index contributed by atoms with van der Waals surface area (Å²) in [6.07, 6.45) is -2.71. The Bertz CT molecular complexity index is 448. The smallest absolute Gasteiger partial charge is 0.314 e. The van der Waals surface area contributed by atoms with Crippen LogP contribution in [0.1, 0.15) is 32.3 Å². The number of halogens is 3. The van der Waals surface area contributed by atoms with Crippen molar-refractivity contribution in [3.63, 3.8) is 0 Å². The van der Waals surface area contributed by atoms with E-state index in [9.17, 15) is 17.4 Å². The second kappa shape index (κ2) is 7.78. The summed E-state index contributed by atoms with van der Waals surface area (Å²) in [4.78, 5) is 0.238. The van der Waals surface area contributed by atoms with Gasteiger partial charge >= 0.3 is 6.18 Å². The summed E-state index contributed by atoms with van der Waals surface area (Å²) >= 11 is 0. The number of alkyl halides is 3. The predicted molar refractivity (Wildman–Crippen MR) is 75.1 cm³/mol. The minimum absolute atomic E-state index is 0.213. The van der Waals surface area contributed by atoms with Gasteiger partial charge in [-0.3, -0.25) is 4.21 Å². The zero-order valence-electron chi connectivity index (χ0n) is 11.7. The van der Waals surface area contributed by atoms with E-state index in [4.69, 9.17) is 0 Å². The van der Waals surface area contributed by atoms with Gasteiger partial charge in [0.05, 0.1) is 16.4 Å². The van der Waals surface area contributed by atoms with E-state index in [2.05, 4.69) is 12.2 Å². The van der Waals surface area contributed by atoms with Crippen molar-refractivity contribution in [1.29, 1.82) is 0 Å². The van der Waals surface area contributed by atoms with Crippen LogP contribution in [0.25, 0.3) is 0 Å². The van der Waals surface area contributed by atoms with E-state index in [-0.39, 0.29) is 10.9 Å². The lowest BCUT2D eigenvalue weighted by Gasteiger charge is -2.13. The first-order valence-electron chi connectivity index (χ1n) is 6.63. The molecular formula is C14H20F3NOS. The Hall–Kier alpha value is -0.880. The molecule has 0 fully saturated rings. The minimum atomic E-state index is -4.39. The molecule has 2 nitrogen and oxygen atoms in total. The monoisotopic (exact) mass is 307 g/mol. The Balaban J connectivity index is 2.60. The average Bonchev–Trinajstić information content (AvgIpc) is 2.41. The molecule has 1 aromatic rings. The molecule has 6 heteroatoms. The minimum Gasteiger partial charge on any atom is -0.314 e. The molecule has 0 aliphatic rings. The van der Waals surface area contributed by atoms with Crippen LogP contribution in [0, 0.1) is 0 Å². The third-order valence-electron chi connectivity index (χ3n) is 2.90. The lowest BCUT2D eigenvalue weighted by atomic mass is 10.2. The zero-order chi connectivity index (χ0) is 15.2. The summed E-state index contributed by atoms with van der Waals surface area (Å²) in [5.74, 6) is 0.360. The normalized spacial score (nSPS) is 15.1. The fourth-order valence-electron chi connectivity index (χ4n) is 1.71. The maximum atomic E-state index is 12.6. The van der Waals surface area contributed by atoms with Crippen molar-refractivity contribution in [2.75, 3.05) is 12.3 Å². The van der Waals surface area contributed by atoms with Gasteiger partial charge in [-0.25, -0.2) is 0 Å². The molecule has 2 atom stereocenters. The summed E-state index contributed by atoms with van der Waals surface area (Å²) in [5.41, 5.74) is -0.750. The SMILES string of the molecule is CCCNC(C)CCS(=O)c1cccc(C(F)(F)F)c1. The second-order valence-electron chi connectivity index (χ2n) is 4.72. The zero-order valence-corrected chi connectivity index (χ0v) is 12.5. The number of nitrogens with one attached hydrogen (secondary N) is 1. The topological polar surface area (TPSA) is 29.1 Å².